The second kappa shape index (κ2) is 10.4. The summed E-state index contributed by atoms with van der Waals surface area (Å²) in [5.74, 6) is -0.0126. The van der Waals surface area contributed by atoms with Gasteiger partial charge in [-0.3, -0.25) is 0 Å². The summed E-state index contributed by atoms with van der Waals surface area (Å²) in [7, 11) is -4.34. The van der Waals surface area contributed by atoms with Crippen molar-refractivity contribution < 1.29 is 17.9 Å². The molecule has 0 radical (unpaired) electrons. The number of hydrogen-bond acceptors (Lipinski definition) is 4. The fraction of sp³-hybridized carbons (Fsp3) is 0.571. The number of benzene rings is 1. The monoisotopic (exact) mass is 357 g/mol. The number of sulfonamides is 1. The van der Waals surface area contributed by atoms with Gasteiger partial charge >= 0.3 is 0 Å². The van der Waals surface area contributed by atoms with Crippen LogP contribution in [-0.4, -0.2) is 37.1 Å². The smallest absolute Gasteiger partial charge is 0.264 e. The van der Waals surface area contributed by atoms with E-state index in [1.165, 1.54) is 12.1 Å². The molecule has 0 saturated heterocycles. The van der Waals surface area contributed by atoms with Gasteiger partial charge in [0.15, 0.2) is 0 Å². The summed E-state index contributed by atoms with van der Waals surface area (Å²) >= 11 is 0. The molecule has 1 aromatic carbocycles. The first-order chi connectivity index (χ1) is 11.0. The van der Waals surface area contributed by atoms with Gasteiger partial charge in [-0.15, -0.1) is 0 Å². The van der Waals surface area contributed by atoms with Gasteiger partial charge in [-0.05, 0) is 43.5 Å². The molecule has 0 aromatic heterocycles. The molecule has 0 amide bonds. The van der Waals surface area contributed by atoms with Gasteiger partial charge in [0.2, 0.25) is 0 Å². The average molecular weight is 358 g/mol. The Morgan fingerprint density at radius 2 is 1.83 bits per heavy atom. The lowest BCUT2D eigenvalue weighted by Crippen LogP contribution is -2.24. The van der Waals surface area contributed by atoms with E-state index in [1.54, 1.807) is 12.1 Å². The summed E-state index contributed by atoms with van der Waals surface area (Å²) in [4.78, 5) is 2.35. The largest absolute Gasteiger partial charge is 0.357 e. The molecular formula is C14H23N3O4SSi. The average Bonchev–Trinajstić information content (AvgIpc) is 2.52. The van der Waals surface area contributed by atoms with Crippen LogP contribution in [0.4, 0.5) is 0 Å². The number of hydrogen-bond donors (Lipinski definition) is 0. The second-order valence-electron chi connectivity index (χ2n) is 4.88. The van der Waals surface area contributed by atoms with E-state index in [0.29, 0.717) is 13.2 Å². The minimum Gasteiger partial charge on any atom is -0.357 e. The van der Waals surface area contributed by atoms with Crippen molar-refractivity contribution in [1.29, 1.82) is 0 Å². The maximum absolute atomic E-state index is 11.6. The minimum atomic E-state index is -3.89. The van der Waals surface area contributed by atoms with E-state index in [2.05, 4.69) is 9.43 Å². The summed E-state index contributed by atoms with van der Waals surface area (Å²) in [6, 6.07) is 7.55. The molecule has 0 N–H and O–H groups in total. The summed E-state index contributed by atoms with van der Waals surface area (Å²) < 4.78 is 37.0. The summed E-state index contributed by atoms with van der Waals surface area (Å²) in [6.45, 7) is 5.26. The van der Waals surface area contributed by atoms with Crippen LogP contribution in [0, 0.1) is 0 Å². The molecule has 0 bridgehead atoms. The van der Waals surface area contributed by atoms with Crippen LogP contribution in [0.15, 0.2) is 33.7 Å². The van der Waals surface area contributed by atoms with Crippen molar-refractivity contribution in [3.05, 3.63) is 40.3 Å². The van der Waals surface area contributed by atoms with Gasteiger partial charge < -0.3 is 9.47 Å². The van der Waals surface area contributed by atoms with Crippen molar-refractivity contribution in [2.24, 2.45) is 4.52 Å². The van der Waals surface area contributed by atoms with Crippen molar-refractivity contribution >= 4 is 19.5 Å². The number of rotatable bonds is 11. The van der Waals surface area contributed by atoms with Gasteiger partial charge in [0.05, 0.1) is 14.4 Å². The Hall–Kier alpha value is -1.38. The van der Waals surface area contributed by atoms with Gasteiger partial charge in [0.1, 0.15) is 5.91 Å². The highest BCUT2D eigenvalue weighted by atomic mass is 32.2. The van der Waals surface area contributed by atoms with E-state index >= 15 is 0 Å². The van der Waals surface area contributed by atoms with Crippen molar-refractivity contribution in [1.82, 2.24) is 0 Å². The van der Waals surface area contributed by atoms with Gasteiger partial charge in [0.25, 0.3) is 10.0 Å². The van der Waals surface area contributed by atoms with Gasteiger partial charge in [0, 0.05) is 22.6 Å². The Labute approximate surface area is 139 Å². The van der Waals surface area contributed by atoms with Crippen LogP contribution in [0.1, 0.15) is 25.8 Å². The molecule has 0 spiro atoms. The second-order valence-corrected chi connectivity index (χ2v) is 8.41. The first-order valence-electron chi connectivity index (χ1n) is 7.67. The zero-order valence-electron chi connectivity index (χ0n) is 13.5. The van der Waals surface area contributed by atoms with Crippen LogP contribution in [0.3, 0.4) is 0 Å². The molecule has 7 nitrogen and oxygen atoms in total. The summed E-state index contributed by atoms with van der Waals surface area (Å²) in [5.41, 5.74) is 9.30. The fourth-order valence-electron chi connectivity index (χ4n) is 2.15. The van der Waals surface area contributed by atoms with E-state index < -0.39 is 19.5 Å². The molecule has 1 aromatic rings. The maximum atomic E-state index is 11.6. The highest BCUT2D eigenvalue weighted by Crippen LogP contribution is 2.15. The van der Waals surface area contributed by atoms with Crippen molar-refractivity contribution in [3.63, 3.8) is 0 Å². The Balaban J connectivity index is 2.46. The SMILES string of the molecule is CCOC(OCC)[SiH2]CCCc1ccc(S(=O)(=O)N=[N+]=[N-])cc1. The fourth-order valence-corrected chi connectivity index (χ4v) is 4.50. The normalized spacial score (nSPS) is 12.0. The molecule has 0 unspecified atom stereocenters. The molecule has 9 heteroatoms. The van der Waals surface area contributed by atoms with E-state index in [0.717, 1.165) is 24.4 Å². The molecule has 1 rings (SSSR count). The first kappa shape index (κ1) is 19.7. The van der Waals surface area contributed by atoms with Crippen LogP contribution in [0.5, 0.6) is 0 Å². The molecule has 0 aliphatic rings. The van der Waals surface area contributed by atoms with Crippen molar-refractivity contribution in [3.8, 4) is 0 Å². The van der Waals surface area contributed by atoms with Crippen LogP contribution >= 0.6 is 0 Å². The van der Waals surface area contributed by atoms with Crippen LogP contribution in [0.25, 0.3) is 10.4 Å². The Morgan fingerprint density at radius 1 is 1.22 bits per heavy atom. The highest BCUT2D eigenvalue weighted by molar-refractivity contribution is 7.90. The third-order valence-electron chi connectivity index (χ3n) is 3.23. The zero-order chi connectivity index (χ0) is 17.1. The molecule has 128 valence electrons. The lowest BCUT2D eigenvalue weighted by Gasteiger charge is -2.16. The zero-order valence-corrected chi connectivity index (χ0v) is 15.7. The standard InChI is InChI=1S/C14H23N3O4SSi/c1-3-20-14(21-4-2)23-11-5-6-12-7-9-13(10-8-12)22(18,19)17-16-15/h7-10,14H,3-6,11,23H2,1-2H3. The Kier molecular flexibility index (Phi) is 8.89. The Bertz CT molecular complexity index is 609. The lowest BCUT2D eigenvalue weighted by atomic mass is 10.1. The summed E-state index contributed by atoms with van der Waals surface area (Å²) in [6.07, 6.45) is 1.89. The quantitative estimate of drug-likeness (QED) is 0.152. The van der Waals surface area contributed by atoms with Gasteiger partial charge in [-0.1, -0.05) is 24.6 Å². The maximum Gasteiger partial charge on any atom is 0.264 e. The van der Waals surface area contributed by atoms with E-state index in [9.17, 15) is 8.42 Å². The number of aryl methyl sites for hydroxylation is 1. The number of nitrogens with zero attached hydrogens (tertiary/aromatic N) is 3. The van der Waals surface area contributed by atoms with Crippen LogP contribution in [-0.2, 0) is 25.9 Å². The topological polar surface area (TPSA) is 101 Å². The molecule has 0 aliphatic heterocycles. The highest BCUT2D eigenvalue weighted by Gasteiger charge is 2.11. The van der Waals surface area contributed by atoms with Gasteiger partial charge in [-0.2, -0.15) is 0 Å². The molecule has 0 saturated carbocycles. The minimum absolute atomic E-state index is 0.0126. The summed E-state index contributed by atoms with van der Waals surface area (Å²) in [5, 5.41) is 0. The van der Waals surface area contributed by atoms with E-state index in [4.69, 9.17) is 15.0 Å². The molecule has 0 atom stereocenters. The molecule has 0 aliphatic carbocycles. The van der Waals surface area contributed by atoms with Crippen molar-refractivity contribution in [2.75, 3.05) is 13.2 Å². The van der Waals surface area contributed by atoms with Crippen LogP contribution in [0.2, 0.25) is 6.04 Å². The first-order valence-corrected chi connectivity index (χ1v) is 10.9. The molecule has 0 fully saturated rings. The predicted molar refractivity (Wildman–Crippen MR) is 91.5 cm³/mol. The molecule has 23 heavy (non-hydrogen) atoms. The third-order valence-corrected chi connectivity index (χ3v) is 6.23. The number of azide groups is 1. The number of ether oxygens (including phenoxy) is 2. The lowest BCUT2D eigenvalue weighted by molar-refractivity contribution is -0.0827. The predicted octanol–water partition coefficient (Wildman–Crippen LogP) is 2.56. The van der Waals surface area contributed by atoms with Crippen LogP contribution < -0.4 is 0 Å². The molecule has 0 heterocycles. The molecular weight excluding hydrogens is 334 g/mol. The van der Waals surface area contributed by atoms with E-state index in [-0.39, 0.29) is 10.8 Å². The third kappa shape index (κ3) is 7.15. The van der Waals surface area contributed by atoms with Crippen molar-refractivity contribution in [2.45, 2.75) is 43.5 Å². The van der Waals surface area contributed by atoms with E-state index in [1.807, 2.05) is 13.8 Å². The van der Waals surface area contributed by atoms with Gasteiger partial charge in [-0.25, -0.2) is 8.42 Å². The Morgan fingerprint density at radius 3 is 2.35 bits per heavy atom.